The summed E-state index contributed by atoms with van der Waals surface area (Å²) >= 11 is 0. The summed E-state index contributed by atoms with van der Waals surface area (Å²) in [6.45, 7) is 2.27. The van der Waals surface area contributed by atoms with Crippen LogP contribution in [0.5, 0.6) is 5.75 Å². The van der Waals surface area contributed by atoms with E-state index in [9.17, 15) is 9.59 Å². The van der Waals surface area contributed by atoms with Gasteiger partial charge in [0.1, 0.15) is 17.2 Å². The number of carbonyl (C=O) groups is 1. The number of hydrogen-bond donors (Lipinski definition) is 0. The maximum atomic E-state index is 12.5. The molecule has 146 valence electrons. The first kappa shape index (κ1) is 18.5. The molecule has 0 N–H and O–H groups in total. The van der Waals surface area contributed by atoms with Gasteiger partial charge in [-0.3, -0.25) is 4.79 Å². The molecule has 0 spiro atoms. The van der Waals surface area contributed by atoms with Gasteiger partial charge in [-0.25, -0.2) is 9.78 Å². The van der Waals surface area contributed by atoms with Crippen molar-refractivity contribution >= 4 is 22.7 Å². The molecular weight excluding hydrogens is 372 g/mol. The van der Waals surface area contributed by atoms with Gasteiger partial charge in [-0.1, -0.05) is 0 Å². The fourth-order valence-electron chi connectivity index (χ4n) is 3.21. The number of fused-ring (bicyclic) bond motifs is 1. The van der Waals surface area contributed by atoms with E-state index in [1.54, 1.807) is 47.5 Å². The van der Waals surface area contributed by atoms with Gasteiger partial charge in [0.05, 0.1) is 11.6 Å². The van der Waals surface area contributed by atoms with Crippen LogP contribution in [0.4, 0.5) is 5.82 Å². The van der Waals surface area contributed by atoms with Crippen LogP contribution in [-0.4, -0.2) is 48.6 Å². The summed E-state index contributed by atoms with van der Waals surface area (Å²) in [6.07, 6.45) is 1.62. The molecule has 1 saturated heterocycles. The van der Waals surface area contributed by atoms with E-state index < -0.39 is 5.63 Å². The topological polar surface area (TPSA) is 99.7 Å². The van der Waals surface area contributed by atoms with E-state index in [-0.39, 0.29) is 12.5 Å². The van der Waals surface area contributed by atoms with Crippen LogP contribution in [0.3, 0.4) is 0 Å². The first-order valence-electron chi connectivity index (χ1n) is 9.18. The third-order valence-corrected chi connectivity index (χ3v) is 4.79. The van der Waals surface area contributed by atoms with Gasteiger partial charge in [-0.15, -0.1) is 0 Å². The Labute approximate surface area is 166 Å². The van der Waals surface area contributed by atoms with Crippen molar-refractivity contribution < 1.29 is 13.9 Å². The molecule has 0 atom stereocenters. The number of amides is 1. The fourth-order valence-corrected chi connectivity index (χ4v) is 3.21. The molecule has 8 nitrogen and oxygen atoms in total. The molecule has 0 saturated carbocycles. The Morgan fingerprint density at radius 2 is 1.93 bits per heavy atom. The summed E-state index contributed by atoms with van der Waals surface area (Å²) < 4.78 is 10.7. The number of rotatable bonds is 4. The van der Waals surface area contributed by atoms with Crippen LogP contribution in [0.25, 0.3) is 11.0 Å². The number of piperazine rings is 1. The van der Waals surface area contributed by atoms with Crippen LogP contribution in [0.1, 0.15) is 5.56 Å². The van der Waals surface area contributed by atoms with Crippen LogP contribution in [0.15, 0.2) is 57.9 Å². The van der Waals surface area contributed by atoms with Gasteiger partial charge < -0.3 is 19.0 Å². The van der Waals surface area contributed by atoms with Crippen molar-refractivity contribution in [2.24, 2.45) is 0 Å². The Morgan fingerprint density at radius 3 is 2.72 bits per heavy atom. The Balaban J connectivity index is 1.33. The number of aromatic nitrogens is 1. The number of nitrogens with zero attached hydrogens (tertiary/aromatic N) is 4. The Hall–Kier alpha value is -3.86. The Kier molecular flexibility index (Phi) is 5.12. The zero-order valence-electron chi connectivity index (χ0n) is 15.6. The lowest BCUT2D eigenvalue weighted by Gasteiger charge is -2.35. The van der Waals surface area contributed by atoms with Gasteiger partial charge >= 0.3 is 5.63 Å². The van der Waals surface area contributed by atoms with Gasteiger partial charge in [0.2, 0.25) is 0 Å². The molecule has 1 aromatic carbocycles. The van der Waals surface area contributed by atoms with E-state index in [0.717, 1.165) is 11.2 Å². The van der Waals surface area contributed by atoms with Crippen molar-refractivity contribution in [1.29, 1.82) is 5.26 Å². The van der Waals surface area contributed by atoms with Crippen LogP contribution in [0.2, 0.25) is 0 Å². The van der Waals surface area contributed by atoms with Crippen molar-refractivity contribution in [3.63, 3.8) is 0 Å². The van der Waals surface area contributed by atoms with Crippen molar-refractivity contribution in [2.45, 2.75) is 0 Å². The SMILES string of the molecule is N#Cc1ccnc(N2CCN(C(=O)COc3ccc4ccc(=O)oc4c3)CC2)c1. The Bertz CT molecular complexity index is 1140. The lowest BCUT2D eigenvalue weighted by molar-refractivity contribution is -0.133. The second-order valence-corrected chi connectivity index (χ2v) is 6.63. The van der Waals surface area contributed by atoms with E-state index in [4.69, 9.17) is 14.4 Å². The van der Waals surface area contributed by atoms with E-state index in [1.807, 2.05) is 0 Å². The average molecular weight is 390 g/mol. The Morgan fingerprint density at radius 1 is 1.14 bits per heavy atom. The molecule has 0 unspecified atom stereocenters. The molecule has 0 bridgehead atoms. The fraction of sp³-hybridized carbons (Fsp3) is 0.238. The van der Waals surface area contributed by atoms with E-state index in [2.05, 4.69) is 16.0 Å². The predicted octanol–water partition coefficient (Wildman–Crippen LogP) is 1.79. The highest BCUT2D eigenvalue weighted by Crippen LogP contribution is 2.20. The summed E-state index contributed by atoms with van der Waals surface area (Å²) in [7, 11) is 0. The highest BCUT2D eigenvalue weighted by atomic mass is 16.5. The number of anilines is 1. The number of benzene rings is 1. The quantitative estimate of drug-likeness (QED) is 0.626. The molecule has 1 fully saturated rings. The number of carbonyl (C=O) groups excluding carboxylic acids is 1. The minimum absolute atomic E-state index is 0.0925. The summed E-state index contributed by atoms with van der Waals surface area (Å²) in [5.74, 6) is 1.10. The van der Waals surface area contributed by atoms with E-state index in [0.29, 0.717) is 43.1 Å². The van der Waals surface area contributed by atoms with Crippen LogP contribution in [-0.2, 0) is 4.79 Å². The summed E-state index contributed by atoms with van der Waals surface area (Å²) in [6, 6.07) is 13.7. The van der Waals surface area contributed by atoms with Crippen LogP contribution in [0, 0.1) is 11.3 Å². The normalized spacial score (nSPS) is 13.9. The highest BCUT2D eigenvalue weighted by Gasteiger charge is 2.22. The molecule has 29 heavy (non-hydrogen) atoms. The van der Waals surface area contributed by atoms with Gasteiger partial charge in [-0.2, -0.15) is 5.26 Å². The van der Waals surface area contributed by atoms with Crippen molar-refractivity contribution in [1.82, 2.24) is 9.88 Å². The summed E-state index contributed by atoms with van der Waals surface area (Å²) in [5, 5.41) is 9.80. The first-order valence-corrected chi connectivity index (χ1v) is 9.18. The van der Waals surface area contributed by atoms with Crippen molar-refractivity contribution in [3.8, 4) is 11.8 Å². The van der Waals surface area contributed by atoms with Crippen molar-refractivity contribution in [3.05, 3.63) is 64.6 Å². The lowest BCUT2D eigenvalue weighted by Crippen LogP contribution is -2.50. The molecule has 0 aliphatic carbocycles. The van der Waals surface area contributed by atoms with Gasteiger partial charge in [-0.05, 0) is 30.3 Å². The van der Waals surface area contributed by atoms with Crippen LogP contribution >= 0.6 is 0 Å². The molecule has 1 aliphatic rings. The molecule has 1 amide bonds. The third kappa shape index (κ3) is 4.19. The summed E-state index contributed by atoms with van der Waals surface area (Å²) in [4.78, 5) is 31.9. The lowest BCUT2D eigenvalue weighted by atomic mass is 10.2. The van der Waals surface area contributed by atoms with Gasteiger partial charge in [0, 0.05) is 49.9 Å². The van der Waals surface area contributed by atoms with Crippen LogP contribution < -0.4 is 15.3 Å². The maximum Gasteiger partial charge on any atom is 0.336 e. The summed E-state index contributed by atoms with van der Waals surface area (Å²) in [5.41, 5.74) is 0.551. The number of hydrogen-bond acceptors (Lipinski definition) is 7. The number of pyridine rings is 1. The largest absolute Gasteiger partial charge is 0.484 e. The second kappa shape index (κ2) is 8.02. The molecule has 2 aromatic heterocycles. The third-order valence-electron chi connectivity index (χ3n) is 4.79. The van der Waals surface area contributed by atoms with Gasteiger partial charge in [0.25, 0.3) is 5.91 Å². The molecular formula is C21H18N4O4. The highest BCUT2D eigenvalue weighted by molar-refractivity contribution is 5.79. The standard InChI is InChI=1S/C21H18N4O4/c22-13-15-5-6-23-19(11-15)24-7-9-25(10-8-24)20(26)14-28-17-3-1-16-2-4-21(27)29-18(16)12-17/h1-6,11-12H,7-10,14H2. The van der Waals surface area contributed by atoms with E-state index >= 15 is 0 Å². The number of nitriles is 1. The molecule has 4 rings (SSSR count). The predicted molar refractivity (Wildman–Crippen MR) is 106 cm³/mol. The minimum atomic E-state index is -0.432. The molecule has 3 aromatic rings. The van der Waals surface area contributed by atoms with Gasteiger partial charge in [0.15, 0.2) is 6.61 Å². The smallest absolute Gasteiger partial charge is 0.336 e. The minimum Gasteiger partial charge on any atom is -0.484 e. The molecule has 1 aliphatic heterocycles. The van der Waals surface area contributed by atoms with Crippen molar-refractivity contribution in [2.75, 3.05) is 37.7 Å². The zero-order chi connectivity index (χ0) is 20.2. The molecule has 8 heteroatoms. The zero-order valence-corrected chi connectivity index (χ0v) is 15.6. The maximum absolute atomic E-state index is 12.5. The second-order valence-electron chi connectivity index (χ2n) is 6.63. The molecule has 3 heterocycles. The number of ether oxygens (including phenoxy) is 1. The monoisotopic (exact) mass is 390 g/mol. The average Bonchev–Trinajstić information content (AvgIpc) is 2.77. The first-order chi connectivity index (χ1) is 14.1. The molecule has 0 radical (unpaired) electrons. The van der Waals surface area contributed by atoms with E-state index in [1.165, 1.54) is 6.07 Å².